The molecule has 0 spiro atoms. The van der Waals surface area contributed by atoms with Crippen molar-refractivity contribution in [1.82, 2.24) is 14.8 Å². The zero-order valence-corrected chi connectivity index (χ0v) is 15.7. The van der Waals surface area contributed by atoms with Gasteiger partial charge >= 0.3 is 6.09 Å². The smallest absolute Gasteiger partial charge is 0.413 e. The highest BCUT2D eigenvalue weighted by Gasteiger charge is 2.21. The summed E-state index contributed by atoms with van der Waals surface area (Å²) in [6.07, 6.45) is 1.89. The third-order valence-corrected chi connectivity index (χ3v) is 4.41. The van der Waals surface area contributed by atoms with Crippen LogP contribution in [0.5, 0.6) is 5.75 Å². The zero-order chi connectivity index (χ0) is 18.5. The predicted molar refractivity (Wildman–Crippen MR) is 99.5 cm³/mol. The number of H-pyrrole nitrogens is 1. The number of aromatic amines is 1. The lowest BCUT2D eigenvalue weighted by molar-refractivity contribution is -0.0453. The molecule has 0 aliphatic carbocycles. The number of amides is 1. The lowest BCUT2D eigenvalue weighted by Gasteiger charge is -2.27. The number of aromatic nitrogens is 1. The normalized spacial score (nSPS) is 16.1. The number of rotatable bonds is 6. The van der Waals surface area contributed by atoms with Crippen LogP contribution >= 0.6 is 0 Å². The van der Waals surface area contributed by atoms with E-state index in [0.29, 0.717) is 26.3 Å². The van der Waals surface area contributed by atoms with Crippen molar-refractivity contribution in [2.75, 3.05) is 46.9 Å². The summed E-state index contributed by atoms with van der Waals surface area (Å²) >= 11 is 0. The summed E-state index contributed by atoms with van der Waals surface area (Å²) in [5, 5.41) is 1.05. The number of carbonyl (C=O) groups excluding carboxylic acids is 1. The minimum atomic E-state index is -0.674. The van der Waals surface area contributed by atoms with Gasteiger partial charge in [-0.1, -0.05) is 6.07 Å². The lowest BCUT2D eigenvalue weighted by atomic mass is 10.1. The van der Waals surface area contributed by atoms with Crippen LogP contribution in [0.1, 0.15) is 12.5 Å². The van der Waals surface area contributed by atoms with E-state index in [-0.39, 0.29) is 6.09 Å². The number of nitrogens with zero attached hydrogens (tertiary/aromatic N) is 2. The second kappa shape index (κ2) is 8.42. The van der Waals surface area contributed by atoms with Gasteiger partial charge < -0.3 is 29.0 Å². The number of hydrogen-bond acceptors (Lipinski definition) is 5. The van der Waals surface area contributed by atoms with Gasteiger partial charge in [-0.25, -0.2) is 4.79 Å². The fourth-order valence-electron chi connectivity index (χ4n) is 3.02. The molecule has 1 fully saturated rings. The standard InChI is InChI=1S/C19H27N3O4/c1-14(26-19(23)22-9-11-24-12-10-22)25-17-6-4-5-16-18(17)15(13-20-16)7-8-21(2)3/h4-6,13-14,20H,7-12H2,1-3H3. The Labute approximate surface area is 153 Å². The molecule has 142 valence electrons. The largest absolute Gasteiger partial charge is 0.454 e. The van der Waals surface area contributed by atoms with Gasteiger partial charge in [0.1, 0.15) is 5.75 Å². The number of ether oxygens (including phenoxy) is 3. The number of morpholine rings is 1. The van der Waals surface area contributed by atoms with Gasteiger partial charge in [-0.2, -0.15) is 0 Å². The third kappa shape index (κ3) is 4.47. The number of carbonyl (C=O) groups is 1. The quantitative estimate of drug-likeness (QED) is 0.801. The molecule has 3 rings (SSSR count). The molecule has 1 atom stereocenters. The highest BCUT2D eigenvalue weighted by molar-refractivity contribution is 5.89. The van der Waals surface area contributed by atoms with Crippen LogP contribution in [-0.2, 0) is 15.9 Å². The Hall–Kier alpha value is -2.25. The molecule has 1 aromatic carbocycles. The van der Waals surface area contributed by atoms with Crippen LogP contribution in [0.2, 0.25) is 0 Å². The van der Waals surface area contributed by atoms with Gasteiger partial charge in [0.15, 0.2) is 0 Å². The van der Waals surface area contributed by atoms with Gasteiger partial charge in [-0.3, -0.25) is 0 Å². The van der Waals surface area contributed by atoms with Crippen LogP contribution in [0.15, 0.2) is 24.4 Å². The second-order valence-corrected chi connectivity index (χ2v) is 6.71. The van der Waals surface area contributed by atoms with E-state index in [1.807, 2.05) is 24.4 Å². The van der Waals surface area contributed by atoms with Gasteiger partial charge in [0.05, 0.1) is 13.2 Å². The first-order valence-corrected chi connectivity index (χ1v) is 8.98. The van der Waals surface area contributed by atoms with Crippen molar-refractivity contribution in [1.29, 1.82) is 0 Å². The van der Waals surface area contributed by atoms with Gasteiger partial charge in [0, 0.05) is 43.7 Å². The minimum absolute atomic E-state index is 0.366. The Balaban J connectivity index is 1.69. The molecule has 2 aromatic rings. The van der Waals surface area contributed by atoms with E-state index in [1.165, 1.54) is 5.56 Å². The van der Waals surface area contributed by atoms with Crippen molar-refractivity contribution in [3.05, 3.63) is 30.0 Å². The Morgan fingerprint density at radius 1 is 1.35 bits per heavy atom. The van der Waals surface area contributed by atoms with E-state index in [9.17, 15) is 4.79 Å². The Morgan fingerprint density at radius 3 is 2.85 bits per heavy atom. The summed E-state index contributed by atoms with van der Waals surface area (Å²) < 4.78 is 16.7. The number of hydrogen-bond donors (Lipinski definition) is 1. The molecule has 1 aromatic heterocycles. The molecular formula is C19H27N3O4. The monoisotopic (exact) mass is 361 g/mol. The number of fused-ring (bicyclic) bond motifs is 1. The SMILES string of the molecule is CC(OC(=O)N1CCOCC1)Oc1cccc2[nH]cc(CCN(C)C)c12. The molecule has 1 aliphatic heterocycles. The highest BCUT2D eigenvalue weighted by Crippen LogP contribution is 2.30. The molecular weight excluding hydrogens is 334 g/mol. The lowest BCUT2D eigenvalue weighted by Crippen LogP contribution is -2.42. The van der Waals surface area contributed by atoms with Crippen LogP contribution in [0.3, 0.4) is 0 Å². The van der Waals surface area contributed by atoms with Gasteiger partial charge in [0.2, 0.25) is 6.29 Å². The molecule has 0 radical (unpaired) electrons. The van der Waals surface area contributed by atoms with Crippen molar-refractivity contribution < 1.29 is 19.0 Å². The first kappa shape index (κ1) is 18.5. The van der Waals surface area contributed by atoms with E-state index in [0.717, 1.165) is 29.6 Å². The Morgan fingerprint density at radius 2 is 2.12 bits per heavy atom. The maximum absolute atomic E-state index is 12.2. The molecule has 1 aliphatic rings. The van der Waals surface area contributed by atoms with Gasteiger partial charge in [-0.05, 0) is 38.2 Å². The van der Waals surface area contributed by atoms with E-state index in [2.05, 4.69) is 24.0 Å². The summed E-state index contributed by atoms with van der Waals surface area (Å²) in [5.41, 5.74) is 2.21. The molecule has 0 saturated carbocycles. The molecule has 1 unspecified atom stereocenters. The molecule has 7 nitrogen and oxygen atoms in total. The van der Waals surface area contributed by atoms with Crippen LogP contribution in [0.25, 0.3) is 10.9 Å². The second-order valence-electron chi connectivity index (χ2n) is 6.71. The summed E-state index contributed by atoms with van der Waals surface area (Å²) in [6.45, 7) is 4.87. The average Bonchev–Trinajstić information content (AvgIpc) is 3.05. The molecule has 2 heterocycles. The predicted octanol–water partition coefficient (Wildman–Crippen LogP) is 2.47. The number of benzene rings is 1. The Kier molecular flexibility index (Phi) is 6.00. The fraction of sp³-hybridized carbons (Fsp3) is 0.526. The topological polar surface area (TPSA) is 67.0 Å². The summed E-state index contributed by atoms with van der Waals surface area (Å²) in [7, 11) is 4.11. The van der Waals surface area contributed by atoms with Gasteiger partial charge in [-0.15, -0.1) is 0 Å². The van der Waals surface area contributed by atoms with E-state index < -0.39 is 6.29 Å². The number of nitrogens with one attached hydrogen (secondary N) is 1. The first-order valence-electron chi connectivity index (χ1n) is 8.98. The van der Waals surface area contributed by atoms with E-state index >= 15 is 0 Å². The van der Waals surface area contributed by atoms with Crippen LogP contribution in [0.4, 0.5) is 4.79 Å². The molecule has 7 heteroatoms. The van der Waals surface area contributed by atoms with Crippen LogP contribution in [0, 0.1) is 0 Å². The van der Waals surface area contributed by atoms with Crippen LogP contribution < -0.4 is 4.74 Å². The zero-order valence-electron chi connectivity index (χ0n) is 15.7. The van der Waals surface area contributed by atoms with Crippen molar-refractivity contribution in [2.24, 2.45) is 0 Å². The molecule has 0 bridgehead atoms. The molecule has 1 saturated heterocycles. The summed E-state index contributed by atoms with van der Waals surface area (Å²) in [6, 6.07) is 5.86. The highest BCUT2D eigenvalue weighted by atomic mass is 16.7. The number of likely N-dealkylation sites (N-methyl/N-ethyl adjacent to an activating group) is 1. The van der Waals surface area contributed by atoms with Crippen molar-refractivity contribution in [3.8, 4) is 5.75 Å². The van der Waals surface area contributed by atoms with Crippen LogP contribution in [-0.4, -0.2) is 74.1 Å². The van der Waals surface area contributed by atoms with Crippen molar-refractivity contribution >= 4 is 17.0 Å². The Bertz CT molecular complexity index is 737. The average molecular weight is 361 g/mol. The van der Waals surface area contributed by atoms with Gasteiger partial charge in [0.25, 0.3) is 0 Å². The molecule has 1 amide bonds. The first-order chi connectivity index (χ1) is 12.5. The van der Waals surface area contributed by atoms with Crippen molar-refractivity contribution in [2.45, 2.75) is 19.6 Å². The van der Waals surface area contributed by atoms with Crippen molar-refractivity contribution in [3.63, 3.8) is 0 Å². The minimum Gasteiger partial charge on any atom is -0.454 e. The van der Waals surface area contributed by atoms with E-state index in [1.54, 1.807) is 11.8 Å². The third-order valence-electron chi connectivity index (χ3n) is 4.41. The fourth-order valence-corrected chi connectivity index (χ4v) is 3.02. The molecule has 1 N–H and O–H groups in total. The summed E-state index contributed by atoms with van der Waals surface area (Å²) in [5.74, 6) is 0.722. The summed E-state index contributed by atoms with van der Waals surface area (Å²) in [4.78, 5) is 19.3. The maximum atomic E-state index is 12.2. The molecule has 26 heavy (non-hydrogen) atoms. The van der Waals surface area contributed by atoms with E-state index in [4.69, 9.17) is 14.2 Å². The maximum Gasteiger partial charge on any atom is 0.413 e.